The lowest BCUT2D eigenvalue weighted by Gasteiger charge is -2.41. The average molecular weight is 298 g/mol. The molecule has 0 bridgehead atoms. The first kappa shape index (κ1) is 12.9. The number of alkyl halides is 1. The van der Waals surface area contributed by atoms with Crippen molar-refractivity contribution in [3.8, 4) is 0 Å². The van der Waals surface area contributed by atoms with Crippen molar-refractivity contribution < 1.29 is 4.74 Å². The van der Waals surface area contributed by atoms with E-state index in [9.17, 15) is 0 Å². The van der Waals surface area contributed by atoms with Crippen LogP contribution in [0.25, 0.3) is 0 Å². The molecule has 0 saturated carbocycles. The van der Waals surface area contributed by atoms with Crippen molar-refractivity contribution in [2.75, 3.05) is 25.1 Å². The molecule has 0 amide bonds. The molecule has 2 nitrogen and oxygen atoms in total. The predicted molar refractivity (Wildman–Crippen MR) is 75.9 cm³/mol. The van der Waals surface area contributed by atoms with Gasteiger partial charge in [-0.25, -0.2) is 0 Å². The molecule has 2 rings (SSSR count). The summed E-state index contributed by atoms with van der Waals surface area (Å²) in [5.74, 6) is 0. The molecule has 3 heteroatoms. The number of nitrogens with zero attached hydrogens (tertiary/aromatic N) is 1. The number of rotatable bonds is 3. The van der Waals surface area contributed by atoms with Gasteiger partial charge in [-0.2, -0.15) is 0 Å². The van der Waals surface area contributed by atoms with E-state index in [4.69, 9.17) is 4.74 Å². The normalized spacial score (nSPS) is 25.0. The highest BCUT2D eigenvalue weighted by molar-refractivity contribution is 9.08. The first-order chi connectivity index (χ1) is 8.18. The number of methoxy groups -OCH3 is 1. The highest BCUT2D eigenvalue weighted by Crippen LogP contribution is 2.30. The van der Waals surface area contributed by atoms with Gasteiger partial charge in [-0.1, -0.05) is 34.1 Å². The smallest absolute Gasteiger partial charge is 0.0825 e. The van der Waals surface area contributed by atoms with E-state index in [1.54, 1.807) is 0 Å². The number of piperidine rings is 1. The first-order valence-electron chi connectivity index (χ1n) is 6.12. The maximum absolute atomic E-state index is 5.65. The van der Waals surface area contributed by atoms with Crippen molar-refractivity contribution in [2.24, 2.45) is 0 Å². The summed E-state index contributed by atoms with van der Waals surface area (Å²) in [5, 5.41) is 0.906. The van der Waals surface area contributed by atoms with E-state index in [1.165, 1.54) is 17.7 Å². The third kappa shape index (κ3) is 2.83. The van der Waals surface area contributed by atoms with Crippen molar-refractivity contribution in [1.29, 1.82) is 0 Å². The Kier molecular flexibility index (Phi) is 4.10. The summed E-state index contributed by atoms with van der Waals surface area (Å²) in [4.78, 5) is 2.45. The molecule has 1 saturated heterocycles. The Morgan fingerprint density at radius 3 is 2.88 bits per heavy atom. The second-order valence-electron chi connectivity index (χ2n) is 4.94. The lowest BCUT2D eigenvalue weighted by atomic mass is 9.94. The Morgan fingerprint density at radius 2 is 2.18 bits per heavy atom. The topological polar surface area (TPSA) is 12.5 Å². The third-order valence-corrected chi connectivity index (χ3v) is 4.23. The molecule has 0 aliphatic carbocycles. The summed E-state index contributed by atoms with van der Waals surface area (Å²) < 4.78 is 5.65. The molecule has 0 radical (unpaired) electrons. The zero-order valence-electron chi connectivity index (χ0n) is 10.6. The van der Waals surface area contributed by atoms with Gasteiger partial charge in [-0.15, -0.1) is 0 Å². The fraction of sp³-hybridized carbons (Fsp3) is 0.571. The molecule has 0 spiro atoms. The molecular weight excluding hydrogens is 278 g/mol. The summed E-state index contributed by atoms with van der Waals surface area (Å²) in [6.07, 6.45) is 2.34. The van der Waals surface area contributed by atoms with Crippen LogP contribution in [-0.2, 0) is 10.1 Å². The van der Waals surface area contributed by atoms with Crippen molar-refractivity contribution >= 4 is 21.6 Å². The van der Waals surface area contributed by atoms with E-state index >= 15 is 0 Å². The largest absolute Gasteiger partial charge is 0.377 e. The Hall–Kier alpha value is -0.540. The van der Waals surface area contributed by atoms with Crippen LogP contribution in [-0.4, -0.2) is 25.8 Å². The van der Waals surface area contributed by atoms with Gasteiger partial charge in [0.05, 0.1) is 5.60 Å². The average Bonchev–Trinajstić information content (AvgIpc) is 2.39. The number of ether oxygens (including phenoxy) is 1. The minimum absolute atomic E-state index is 0.00231. The monoisotopic (exact) mass is 297 g/mol. The van der Waals surface area contributed by atoms with E-state index in [0.717, 1.165) is 24.8 Å². The molecule has 1 aromatic carbocycles. The molecule has 1 aliphatic heterocycles. The molecule has 0 aromatic heterocycles. The second-order valence-corrected chi connectivity index (χ2v) is 5.50. The summed E-state index contributed by atoms with van der Waals surface area (Å²) in [6.45, 7) is 4.31. The molecule has 1 unspecified atom stereocenters. The van der Waals surface area contributed by atoms with Gasteiger partial charge in [0.15, 0.2) is 0 Å². The maximum atomic E-state index is 5.65. The number of hydrogen-bond acceptors (Lipinski definition) is 2. The summed E-state index contributed by atoms with van der Waals surface area (Å²) in [7, 11) is 1.82. The fourth-order valence-electron chi connectivity index (χ4n) is 2.51. The Bertz CT molecular complexity index is 382. The van der Waals surface area contributed by atoms with E-state index in [0.29, 0.717) is 0 Å². The number of para-hydroxylation sites is 1. The zero-order valence-corrected chi connectivity index (χ0v) is 12.2. The van der Waals surface area contributed by atoms with Gasteiger partial charge in [0.1, 0.15) is 0 Å². The summed E-state index contributed by atoms with van der Waals surface area (Å²) in [6, 6.07) is 8.60. The molecular formula is C14H20BrNO. The molecule has 17 heavy (non-hydrogen) atoms. The van der Waals surface area contributed by atoms with Crippen molar-refractivity contribution in [1.82, 2.24) is 0 Å². The highest BCUT2D eigenvalue weighted by atomic mass is 79.9. The summed E-state index contributed by atoms with van der Waals surface area (Å²) >= 11 is 3.56. The second kappa shape index (κ2) is 5.40. The molecule has 94 valence electrons. The van der Waals surface area contributed by atoms with Gasteiger partial charge in [0.25, 0.3) is 0 Å². The van der Waals surface area contributed by atoms with Gasteiger partial charge in [0, 0.05) is 31.2 Å². The van der Waals surface area contributed by atoms with Crippen LogP contribution >= 0.6 is 15.9 Å². The minimum atomic E-state index is -0.00231. The molecule has 1 aromatic rings. The van der Waals surface area contributed by atoms with E-state index in [1.807, 2.05) is 7.11 Å². The van der Waals surface area contributed by atoms with Crippen LogP contribution in [0.1, 0.15) is 25.3 Å². The van der Waals surface area contributed by atoms with E-state index < -0.39 is 0 Å². The minimum Gasteiger partial charge on any atom is -0.377 e. The number of halogens is 1. The van der Waals surface area contributed by atoms with Crippen molar-refractivity contribution in [3.05, 3.63) is 29.8 Å². The molecule has 1 aliphatic rings. The molecule has 0 N–H and O–H groups in total. The number of anilines is 1. The Labute approximate surface area is 112 Å². The maximum Gasteiger partial charge on any atom is 0.0825 e. The van der Waals surface area contributed by atoms with Crippen LogP contribution in [0, 0.1) is 0 Å². The predicted octanol–water partition coefficient (Wildman–Crippen LogP) is 3.59. The van der Waals surface area contributed by atoms with E-state index in [2.05, 4.69) is 52.0 Å². The van der Waals surface area contributed by atoms with Gasteiger partial charge in [-0.05, 0) is 31.4 Å². The van der Waals surface area contributed by atoms with Crippen LogP contribution in [0.5, 0.6) is 0 Å². The van der Waals surface area contributed by atoms with Crippen molar-refractivity contribution in [3.63, 3.8) is 0 Å². The Balaban J connectivity index is 2.22. The van der Waals surface area contributed by atoms with Crippen LogP contribution in [0.2, 0.25) is 0 Å². The van der Waals surface area contributed by atoms with Gasteiger partial charge >= 0.3 is 0 Å². The lowest BCUT2D eigenvalue weighted by molar-refractivity contribution is -0.00467. The summed E-state index contributed by atoms with van der Waals surface area (Å²) in [5.41, 5.74) is 2.69. The lowest BCUT2D eigenvalue weighted by Crippen LogP contribution is -2.47. The van der Waals surface area contributed by atoms with Crippen LogP contribution in [0.3, 0.4) is 0 Å². The van der Waals surface area contributed by atoms with Crippen LogP contribution < -0.4 is 4.90 Å². The number of benzene rings is 1. The number of hydrogen-bond donors (Lipinski definition) is 0. The van der Waals surface area contributed by atoms with Crippen LogP contribution in [0.4, 0.5) is 5.69 Å². The highest BCUT2D eigenvalue weighted by Gasteiger charge is 2.31. The zero-order chi connectivity index (χ0) is 12.3. The van der Waals surface area contributed by atoms with Crippen LogP contribution in [0.15, 0.2) is 24.3 Å². The standard InChI is InChI=1S/C14H20BrNO/c1-14(17-2)8-5-9-16(11-14)13-7-4-3-6-12(13)10-15/h3-4,6-7H,5,8-11H2,1-2H3. The molecule has 1 heterocycles. The third-order valence-electron chi connectivity index (χ3n) is 3.63. The van der Waals surface area contributed by atoms with Gasteiger partial charge in [0.2, 0.25) is 0 Å². The first-order valence-corrected chi connectivity index (χ1v) is 7.25. The Morgan fingerprint density at radius 1 is 1.41 bits per heavy atom. The van der Waals surface area contributed by atoms with Gasteiger partial charge < -0.3 is 9.64 Å². The molecule has 1 fully saturated rings. The van der Waals surface area contributed by atoms with Crippen molar-refractivity contribution in [2.45, 2.75) is 30.7 Å². The van der Waals surface area contributed by atoms with E-state index in [-0.39, 0.29) is 5.60 Å². The van der Waals surface area contributed by atoms with Gasteiger partial charge in [-0.3, -0.25) is 0 Å². The quantitative estimate of drug-likeness (QED) is 0.791. The fourth-order valence-corrected chi connectivity index (χ4v) is 2.98. The SMILES string of the molecule is COC1(C)CCCN(c2ccccc2CBr)C1. The molecule has 1 atom stereocenters.